The molecular formula is C14H16N2O2. The summed E-state index contributed by atoms with van der Waals surface area (Å²) in [5.74, 6) is 1.69. The first-order valence-electron chi connectivity index (χ1n) is 6.17. The van der Waals surface area contributed by atoms with E-state index in [1.54, 1.807) is 0 Å². The molecule has 0 saturated heterocycles. The second-order valence-corrected chi connectivity index (χ2v) is 4.26. The maximum absolute atomic E-state index is 5.67. The van der Waals surface area contributed by atoms with E-state index in [0.29, 0.717) is 0 Å². The van der Waals surface area contributed by atoms with Gasteiger partial charge in [0.05, 0.1) is 19.8 Å². The van der Waals surface area contributed by atoms with Crippen LogP contribution >= 0.6 is 0 Å². The van der Waals surface area contributed by atoms with Gasteiger partial charge in [-0.05, 0) is 29.8 Å². The fraction of sp³-hybridized carbons (Fsp3) is 0.286. The van der Waals surface area contributed by atoms with Gasteiger partial charge in [-0.15, -0.1) is 0 Å². The summed E-state index contributed by atoms with van der Waals surface area (Å²) in [6.07, 6.45) is 4.89. The molecular weight excluding hydrogens is 228 g/mol. The van der Waals surface area contributed by atoms with Gasteiger partial charge in [0, 0.05) is 18.8 Å². The van der Waals surface area contributed by atoms with Crippen molar-refractivity contribution >= 4 is 0 Å². The Balaban J connectivity index is 1.71. The monoisotopic (exact) mass is 244 g/mol. The molecule has 0 bridgehead atoms. The Morgan fingerprint density at radius 1 is 1.06 bits per heavy atom. The van der Waals surface area contributed by atoms with Crippen molar-refractivity contribution in [2.45, 2.75) is 13.0 Å². The summed E-state index contributed by atoms with van der Waals surface area (Å²) in [5.41, 5.74) is 4.46. The summed E-state index contributed by atoms with van der Waals surface area (Å²) < 4.78 is 13.2. The van der Waals surface area contributed by atoms with Gasteiger partial charge < -0.3 is 14.9 Å². The van der Waals surface area contributed by atoms with E-state index in [2.05, 4.69) is 11.5 Å². The third-order valence-corrected chi connectivity index (χ3v) is 2.88. The van der Waals surface area contributed by atoms with Crippen LogP contribution in [0.1, 0.15) is 12.0 Å². The third kappa shape index (κ3) is 2.42. The summed E-state index contributed by atoms with van der Waals surface area (Å²) in [7, 11) is 0. The van der Waals surface area contributed by atoms with Crippen molar-refractivity contribution < 1.29 is 9.47 Å². The highest BCUT2D eigenvalue weighted by Gasteiger charge is 2.10. The zero-order chi connectivity index (χ0) is 12.2. The van der Waals surface area contributed by atoms with E-state index in [4.69, 9.17) is 9.47 Å². The Kier molecular flexibility index (Phi) is 3.08. The molecule has 4 nitrogen and oxygen atoms in total. The Morgan fingerprint density at radius 2 is 1.83 bits per heavy atom. The molecule has 1 aliphatic rings. The van der Waals surface area contributed by atoms with Gasteiger partial charge in [-0.25, -0.2) is 0 Å². The van der Waals surface area contributed by atoms with Crippen molar-refractivity contribution in [1.29, 1.82) is 0 Å². The molecule has 0 spiro atoms. The highest BCUT2D eigenvalue weighted by Crippen LogP contribution is 2.30. The summed E-state index contributed by atoms with van der Waals surface area (Å²) in [6.45, 7) is 2.21. The molecule has 1 aromatic carbocycles. The molecule has 18 heavy (non-hydrogen) atoms. The van der Waals surface area contributed by atoms with Gasteiger partial charge in [0.15, 0.2) is 11.5 Å². The van der Waals surface area contributed by atoms with Gasteiger partial charge in [0.2, 0.25) is 0 Å². The molecule has 2 aromatic rings. The lowest BCUT2D eigenvalue weighted by Gasteiger charge is -2.11. The maximum atomic E-state index is 5.67. The molecule has 1 aromatic heterocycles. The first-order valence-corrected chi connectivity index (χ1v) is 6.17. The van der Waals surface area contributed by atoms with E-state index in [0.717, 1.165) is 37.7 Å². The third-order valence-electron chi connectivity index (χ3n) is 2.88. The summed E-state index contributed by atoms with van der Waals surface area (Å²) >= 11 is 0. The molecule has 0 unspecified atom stereocenters. The maximum Gasteiger partial charge on any atom is 0.161 e. The van der Waals surface area contributed by atoms with Crippen LogP contribution in [0.15, 0.2) is 42.7 Å². The average Bonchev–Trinajstić information content (AvgIpc) is 2.80. The molecule has 1 aliphatic heterocycles. The molecule has 94 valence electrons. The van der Waals surface area contributed by atoms with Crippen molar-refractivity contribution in [1.82, 2.24) is 4.68 Å². The summed E-state index contributed by atoms with van der Waals surface area (Å²) in [4.78, 5) is 0. The molecule has 2 heterocycles. The van der Waals surface area contributed by atoms with Gasteiger partial charge in [0.25, 0.3) is 0 Å². The predicted molar refractivity (Wildman–Crippen MR) is 69.5 cm³/mol. The standard InChI is InChI=1S/C14H16N2O2/c1-2-7-16(6-1)15-11-12-4-5-13-14(10-12)18-9-3-8-17-13/h1-2,4-7,10,15H,3,8-9,11H2. The van der Waals surface area contributed by atoms with E-state index < -0.39 is 0 Å². The number of benzene rings is 1. The summed E-state index contributed by atoms with van der Waals surface area (Å²) in [5, 5.41) is 0. The highest BCUT2D eigenvalue weighted by molar-refractivity contribution is 5.43. The number of fused-ring (bicyclic) bond motifs is 1. The smallest absolute Gasteiger partial charge is 0.161 e. The van der Waals surface area contributed by atoms with Crippen molar-refractivity contribution in [3.63, 3.8) is 0 Å². The topological polar surface area (TPSA) is 35.4 Å². The van der Waals surface area contributed by atoms with Crippen LogP contribution in [0.2, 0.25) is 0 Å². The molecule has 4 heteroatoms. The lowest BCUT2D eigenvalue weighted by Crippen LogP contribution is -2.11. The SMILES string of the molecule is c1ccn(NCc2ccc3c(c2)OCCCO3)c1. The fourth-order valence-electron chi connectivity index (χ4n) is 1.94. The van der Waals surface area contributed by atoms with Crippen molar-refractivity contribution in [3.05, 3.63) is 48.3 Å². The largest absolute Gasteiger partial charge is 0.490 e. The molecule has 0 saturated carbocycles. The quantitative estimate of drug-likeness (QED) is 0.900. The van der Waals surface area contributed by atoms with E-state index in [1.165, 1.54) is 5.56 Å². The van der Waals surface area contributed by atoms with E-state index in [-0.39, 0.29) is 0 Å². The molecule has 0 radical (unpaired) electrons. The van der Waals surface area contributed by atoms with Gasteiger partial charge in [-0.2, -0.15) is 0 Å². The Bertz CT molecular complexity index is 509. The minimum atomic E-state index is 0.724. The molecule has 0 aliphatic carbocycles. The van der Waals surface area contributed by atoms with E-state index in [9.17, 15) is 0 Å². The van der Waals surface area contributed by atoms with Crippen LogP contribution in [0, 0.1) is 0 Å². The van der Waals surface area contributed by atoms with Crippen LogP contribution in [0.4, 0.5) is 0 Å². The Morgan fingerprint density at radius 3 is 2.67 bits per heavy atom. The zero-order valence-corrected chi connectivity index (χ0v) is 10.1. The van der Waals surface area contributed by atoms with Crippen LogP contribution in [-0.4, -0.2) is 17.9 Å². The number of nitrogens with one attached hydrogen (secondary N) is 1. The van der Waals surface area contributed by atoms with Crippen LogP contribution in [0.5, 0.6) is 11.5 Å². The number of nitrogens with zero attached hydrogens (tertiary/aromatic N) is 1. The van der Waals surface area contributed by atoms with Crippen molar-refractivity contribution in [3.8, 4) is 11.5 Å². The number of aromatic nitrogens is 1. The first kappa shape index (κ1) is 11.0. The molecule has 0 fully saturated rings. The minimum Gasteiger partial charge on any atom is -0.490 e. The van der Waals surface area contributed by atoms with E-state index in [1.807, 2.05) is 41.3 Å². The lowest BCUT2D eigenvalue weighted by molar-refractivity contribution is 0.297. The Labute approximate surface area is 106 Å². The normalized spacial score (nSPS) is 14.0. The average molecular weight is 244 g/mol. The number of rotatable bonds is 3. The van der Waals surface area contributed by atoms with Gasteiger partial charge in [-0.1, -0.05) is 6.07 Å². The van der Waals surface area contributed by atoms with Gasteiger partial charge in [0.1, 0.15) is 0 Å². The first-order chi connectivity index (χ1) is 8.92. The second-order valence-electron chi connectivity index (χ2n) is 4.26. The highest BCUT2D eigenvalue weighted by atomic mass is 16.5. The molecule has 1 N–H and O–H groups in total. The fourth-order valence-corrected chi connectivity index (χ4v) is 1.94. The van der Waals surface area contributed by atoms with Crippen molar-refractivity contribution in [2.24, 2.45) is 0 Å². The lowest BCUT2D eigenvalue weighted by atomic mass is 10.2. The van der Waals surface area contributed by atoms with Crippen LogP contribution in [0.25, 0.3) is 0 Å². The second kappa shape index (κ2) is 5.04. The summed E-state index contributed by atoms with van der Waals surface area (Å²) in [6, 6.07) is 10.1. The van der Waals surface area contributed by atoms with Gasteiger partial charge >= 0.3 is 0 Å². The van der Waals surface area contributed by atoms with Gasteiger partial charge in [-0.3, -0.25) is 4.68 Å². The predicted octanol–water partition coefficient (Wildman–Crippen LogP) is 2.39. The molecule has 0 atom stereocenters. The number of hydrogen-bond donors (Lipinski definition) is 1. The number of hydrogen-bond acceptors (Lipinski definition) is 3. The molecule has 3 rings (SSSR count). The van der Waals surface area contributed by atoms with Crippen molar-refractivity contribution in [2.75, 3.05) is 18.6 Å². The van der Waals surface area contributed by atoms with E-state index >= 15 is 0 Å². The van der Waals surface area contributed by atoms with Crippen LogP contribution < -0.4 is 14.9 Å². The molecule has 0 amide bonds. The van der Waals surface area contributed by atoms with Crippen LogP contribution in [0.3, 0.4) is 0 Å². The Hall–Kier alpha value is -2.10. The van der Waals surface area contributed by atoms with Crippen LogP contribution in [-0.2, 0) is 6.54 Å². The zero-order valence-electron chi connectivity index (χ0n) is 10.1. The minimum absolute atomic E-state index is 0.724. The number of ether oxygens (including phenoxy) is 2.